The summed E-state index contributed by atoms with van der Waals surface area (Å²) in [7, 11) is 0. The van der Waals surface area contributed by atoms with Gasteiger partial charge in [0.1, 0.15) is 30.1 Å². The fourth-order valence-corrected chi connectivity index (χ4v) is 3.54. The predicted molar refractivity (Wildman–Crippen MR) is 119 cm³/mol. The van der Waals surface area contributed by atoms with Crippen molar-refractivity contribution < 1.29 is 9.84 Å². The maximum atomic E-state index is 11.2. The van der Waals surface area contributed by atoms with Crippen LogP contribution in [0.5, 0.6) is 5.75 Å². The number of halogens is 4. The number of benzene rings is 2. The third-order valence-electron chi connectivity index (χ3n) is 4.48. The highest BCUT2D eigenvalue weighted by molar-refractivity contribution is 6.35. The summed E-state index contributed by atoms with van der Waals surface area (Å²) < 4.78 is 7.69. The van der Waals surface area contributed by atoms with Gasteiger partial charge in [0, 0.05) is 10.0 Å². The Labute approximate surface area is 191 Å². The molecule has 0 aliphatic rings. The van der Waals surface area contributed by atoms with Gasteiger partial charge in [0.25, 0.3) is 0 Å². The molecule has 2 atom stereocenters. The van der Waals surface area contributed by atoms with Gasteiger partial charge in [-0.25, -0.2) is 9.67 Å². The van der Waals surface area contributed by atoms with Gasteiger partial charge in [-0.1, -0.05) is 46.9 Å². The van der Waals surface area contributed by atoms with Gasteiger partial charge < -0.3 is 9.84 Å². The second kappa shape index (κ2) is 10.0. The summed E-state index contributed by atoms with van der Waals surface area (Å²) in [6.45, 7) is 3.60. The van der Waals surface area contributed by atoms with E-state index in [-0.39, 0.29) is 12.4 Å². The van der Waals surface area contributed by atoms with Crippen LogP contribution < -0.4 is 4.74 Å². The van der Waals surface area contributed by atoms with Crippen LogP contribution in [0.4, 0.5) is 0 Å². The van der Waals surface area contributed by atoms with E-state index in [1.165, 1.54) is 6.33 Å². The molecule has 3 rings (SSSR count). The minimum absolute atomic E-state index is 0. The zero-order valence-corrected chi connectivity index (χ0v) is 18.9. The smallest absolute Gasteiger partial charge is 0.138 e. The third-order valence-corrected chi connectivity index (χ3v) is 5.26. The summed E-state index contributed by atoms with van der Waals surface area (Å²) in [5, 5.41) is 17.0. The molecule has 5 nitrogen and oxygen atoms in total. The van der Waals surface area contributed by atoms with E-state index in [0.29, 0.717) is 27.2 Å². The number of nitrogens with zero attached hydrogens (tertiary/aromatic N) is 3. The molecule has 1 N–H and O–H groups in total. The van der Waals surface area contributed by atoms with Crippen LogP contribution >= 0.6 is 47.2 Å². The minimum Gasteiger partial charge on any atom is -0.484 e. The molecule has 0 saturated carbocycles. The molecule has 0 saturated heterocycles. The predicted octanol–water partition coefficient (Wildman–Crippen LogP) is 5.66. The Bertz CT molecular complexity index is 918. The van der Waals surface area contributed by atoms with Crippen molar-refractivity contribution in [1.82, 2.24) is 14.8 Å². The first kappa shape index (κ1) is 23.8. The van der Waals surface area contributed by atoms with E-state index in [1.54, 1.807) is 43.1 Å². The summed E-state index contributed by atoms with van der Waals surface area (Å²) >= 11 is 18.2. The van der Waals surface area contributed by atoms with Crippen molar-refractivity contribution in [3.05, 3.63) is 75.8 Å². The van der Waals surface area contributed by atoms with Crippen LogP contribution in [0.3, 0.4) is 0 Å². The zero-order chi connectivity index (χ0) is 20.3. The lowest BCUT2D eigenvalue weighted by Gasteiger charge is -2.36. The highest BCUT2D eigenvalue weighted by atomic mass is 35.5. The average molecular weight is 477 g/mol. The van der Waals surface area contributed by atoms with Gasteiger partial charge in [-0.2, -0.15) is 5.10 Å². The van der Waals surface area contributed by atoms with E-state index < -0.39 is 17.7 Å². The Morgan fingerprint density at radius 3 is 2.31 bits per heavy atom. The molecule has 3 aromatic rings. The Morgan fingerprint density at radius 1 is 1.07 bits per heavy atom. The number of aromatic nitrogens is 3. The quantitative estimate of drug-likeness (QED) is 0.477. The van der Waals surface area contributed by atoms with Crippen LogP contribution in [-0.2, 0) is 6.42 Å². The molecule has 9 heteroatoms. The lowest BCUT2D eigenvalue weighted by atomic mass is 9.90. The molecule has 0 bridgehead atoms. The van der Waals surface area contributed by atoms with Gasteiger partial charge in [-0.3, -0.25) is 0 Å². The molecule has 1 heterocycles. The van der Waals surface area contributed by atoms with Crippen LogP contribution in [0, 0.1) is 0 Å². The third kappa shape index (κ3) is 6.00. The van der Waals surface area contributed by atoms with Gasteiger partial charge >= 0.3 is 0 Å². The topological polar surface area (TPSA) is 60.2 Å². The fourth-order valence-electron chi connectivity index (χ4n) is 2.97. The van der Waals surface area contributed by atoms with Gasteiger partial charge in [0.15, 0.2) is 0 Å². The second-order valence-electron chi connectivity index (χ2n) is 7.00. The first-order valence-electron chi connectivity index (χ1n) is 8.67. The molecule has 0 radical (unpaired) electrons. The highest BCUT2D eigenvalue weighted by Crippen LogP contribution is 2.34. The SMILES string of the molecule is CC(C)(Oc1ccc(Cl)cc1Cl)C(O)C(Cc1ccc(Cl)cc1)n1cncn1.Cl. The first-order valence-corrected chi connectivity index (χ1v) is 9.80. The van der Waals surface area contributed by atoms with Crippen molar-refractivity contribution in [2.45, 2.75) is 38.0 Å². The lowest BCUT2D eigenvalue weighted by molar-refractivity contribution is -0.0581. The van der Waals surface area contributed by atoms with Crippen LogP contribution in [0.2, 0.25) is 15.1 Å². The van der Waals surface area contributed by atoms with E-state index in [0.717, 1.165) is 5.56 Å². The summed E-state index contributed by atoms with van der Waals surface area (Å²) in [6, 6.07) is 12.0. The van der Waals surface area contributed by atoms with Crippen LogP contribution in [0.15, 0.2) is 55.1 Å². The largest absolute Gasteiger partial charge is 0.484 e. The van der Waals surface area contributed by atoms with Gasteiger partial charge in [-0.05, 0) is 56.2 Å². The molecule has 0 aliphatic heterocycles. The first-order chi connectivity index (χ1) is 13.3. The maximum absolute atomic E-state index is 11.2. The molecule has 1 aromatic heterocycles. The van der Waals surface area contributed by atoms with Crippen molar-refractivity contribution in [3.8, 4) is 5.75 Å². The van der Waals surface area contributed by atoms with Gasteiger partial charge in [0.2, 0.25) is 0 Å². The highest BCUT2D eigenvalue weighted by Gasteiger charge is 2.38. The normalized spacial score (nSPS) is 13.4. The maximum Gasteiger partial charge on any atom is 0.138 e. The van der Waals surface area contributed by atoms with Crippen molar-refractivity contribution in [2.75, 3.05) is 0 Å². The van der Waals surface area contributed by atoms with Gasteiger partial charge in [0.05, 0.1) is 11.1 Å². The molecule has 0 aliphatic carbocycles. The Hall–Kier alpha value is -1.50. The molecule has 0 fully saturated rings. The summed E-state index contributed by atoms with van der Waals surface area (Å²) in [6.07, 6.45) is 2.61. The number of aliphatic hydroxyl groups excluding tert-OH is 1. The van der Waals surface area contributed by atoms with Crippen molar-refractivity contribution in [3.63, 3.8) is 0 Å². The van der Waals surface area contributed by atoms with Crippen molar-refractivity contribution >= 4 is 47.2 Å². The van der Waals surface area contributed by atoms with Crippen LogP contribution in [0.1, 0.15) is 25.5 Å². The minimum atomic E-state index is -0.972. The number of hydrogen-bond donors (Lipinski definition) is 1. The summed E-state index contributed by atoms with van der Waals surface area (Å²) in [5.41, 5.74) is 0.0322. The number of ether oxygens (including phenoxy) is 1. The number of rotatable bonds is 7. The molecule has 2 aromatic carbocycles. The van der Waals surface area contributed by atoms with E-state index in [4.69, 9.17) is 39.5 Å². The Balaban J connectivity index is 0.00000300. The van der Waals surface area contributed by atoms with E-state index in [1.807, 2.05) is 24.3 Å². The molecule has 0 amide bonds. The lowest BCUT2D eigenvalue weighted by Crippen LogP contribution is -2.47. The molecule has 156 valence electrons. The zero-order valence-electron chi connectivity index (χ0n) is 15.8. The number of aliphatic hydroxyl groups is 1. The summed E-state index contributed by atoms with van der Waals surface area (Å²) in [4.78, 5) is 4.01. The monoisotopic (exact) mass is 475 g/mol. The van der Waals surface area contributed by atoms with Crippen LogP contribution in [-0.4, -0.2) is 31.6 Å². The second-order valence-corrected chi connectivity index (χ2v) is 8.28. The number of hydrogen-bond acceptors (Lipinski definition) is 4. The fraction of sp³-hybridized carbons (Fsp3) is 0.300. The van der Waals surface area contributed by atoms with Crippen molar-refractivity contribution in [1.29, 1.82) is 0 Å². The molecule has 2 unspecified atom stereocenters. The van der Waals surface area contributed by atoms with Crippen molar-refractivity contribution in [2.24, 2.45) is 0 Å². The van der Waals surface area contributed by atoms with E-state index in [9.17, 15) is 5.11 Å². The van der Waals surface area contributed by atoms with E-state index in [2.05, 4.69) is 10.1 Å². The van der Waals surface area contributed by atoms with Crippen LogP contribution in [0.25, 0.3) is 0 Å². The summed E-state index contributed by atoms with van der Waals surface area (Å²) in [5.74, 6) is 0.443. The van der Waals surface area contributed by atoms with Gasteiger partial charge in [-0.15, -0.1) is 12.4 Å². The van der Waals surface area contributed by atoms with E-state index >= 15 is 0 Å². The Morgan fingerprint density at radius 2 is 1.72 bits per heavy atom. The molecular formula is C20H21Cl4N3O2. The molecule has 0 spiro atoms. The average Bonchev–Trinajstić information content (AvgIpc) is 3.17. The molecular weight excluding hydrogens is 456 g/mol. The Kier molecular flexibility index (Phi) is 8.20. The molecule has 29 heavy (non-hydrogen) atoms. The standard InChI is InChI=1S/C20H20Cl3N3O2.ClH/c1-20(2,28-18-8-7-15(22)10-16(18)23)19(27)17(26-12-24-11-25-26)9-13-3-5-14(21)6-4-13;/h3-8,10-12,17,19,27H,9H2,1-2H3;1H.